The van der Waals surface area contributed by atoms with Crippen molar-refractivity contribution in [2.75, 3.05) is 20.3 Å². The van der Waals surface area contributed by atoms with Crippen LogP contribution in [-0.2, 0) is 19.6 Å². The van der Waals surface area contributed by atoms with Crippen LogP contribution in [0.25, 0.3) is 0 Å². The van der Waals surface area contributed by atoms with Crippen LogP contribution < -0.4 is 19.5 Å². The first-order valence-corrected chi connectivity index (χ1v) is 10.9. The van der Waals surface area contributed by atoms with Crippen LogP contribution in [-0.4, -0.2) is 20.3 Å². The van der Waals surface area contributed by atoms with Crippen molar-refractivity contribution < 1.29 is 14.2 Å². The molecule has 3 rings (SSSR count). The summed E-state index contributed by atoms with van der Waals surface area (Å²) in [6, 6.07) is 20.2. The molecule has 0 saturated heterocycles. The minimum Gasteiger partial charge on any atom is -0.496 e. The van der Waals surface area contributed by atoms with E-state index in [9.17, 15) is 0 Å². The van der Waals surface area contributed by atoms with Crippen molar-refractivity contribution in [1.29, 1.82) is 0 Å². The van der Waals surface area contributed by atoms with Crippen molar-refractivity contribution in [3.8, 4) is 17.2 Å². The summed E-state index contributed by atoms with van der Waals surface area (Å²) in [5.74, 6) is 2.28. The third kappa shape index (κ3) is 6.65. The predicted molar refractivity (Wildman–Crippen MR) is 127 cm³/mol. The molecule has 3 aromatic rings. The number of aryl methyl sites for hydroxylation is 1. The van der Waals surface area contributed by atoms with E-state index in [1.54, 1.807) is 7.11 Å². The van der Waals surface area contributed by atoms with Crippen LogP contribution in [0.5, 0.6) is 17.2 Å². The summed E-state index contributed by atoms with van der Waals surface area (Å²) in [7, 11) is 1.70. The molecule has 0 amide bonds. The van der Waals surface area contributed by atoms with E-state index >= 15 is 0 Å². The highest BCUT2D eigenvalue weighted by Crippen LogP contribution is 2.34. The molecule has 164 valence electrons. The minimum absolute atomic E-state index is 0.467. The second-order valence-corrected chi connectivity index (χ2v) is 7.75. The number of nitrogens with one attached hydrogen (secondary N) is 1. The Balaban J connectivity index is 1.62. The van der Waals surface area contributed by atoms with E-state index in [0.29, 0.717) is 36.3 Å². The molecule has 0 radical (unpaired) electrons. The molecule has 1 N–H and O–H groups in total. The van der Waals surface area contributed by atoms with Crippen LogP contribution >= 0.6 is 11.6 Å². The van der Waals surface area contributed by atoms with E-state index in [2.05, 4.69) is 36.5 Å². The van der Waals surface area contributed by atoms with Gasteiger partial charge >= 0.3 is 0 Å². The fraction of sp³-hybridized carbons (Fsp3) is 0.308. The van der Waals surface area contributed by atoms with E-state index in [-0.39, 0.29) is 0 Å². The third-order valence-corrected chi connectivity index (χ3v) is 5.32. The van der Waals surface area contributed by atoms with Crippen LogP contribution in [0.1, 0.15) is 29.2 Å². The molecule has 31 heavy (non-hydrogen) atoms. The van der Waals surface area contributed by atoms with Gasteiger partial charge in [0, 0.05) is 17.6 Å². The summed E-state index contributed by atoms with van der Waals surface area (Å²) in [4.78, 5) is 0. The van der Waals surface area contributed by atoms with Crippen molar-refractivity contribution in [3.05, 3.63) is 87.9 Å². The van der Waals surface area contributed by atoms with Gasteiger partial charge in [0.05, 0.1) is 13.7 Å². The van der Waals surface area contributed by atoms with E-state index in [1.807, 2.05) is 43.3 Å². The Kier molecular flexibility index (Phi) is 8.63. The van der Waals surface area contributed by atoms with Crippen LogP contribution in [0, 0.1) is 6.92 Å². The van der Waals surface area contributed by atoms with Gasteiger partial charge in [-0.1, -0.05) is 59.6 Å². The lowest BCUT2D eigenvalue weighted by atomic mass is 10.1. The zero-order valence-electron chi connectivity index (χ0n) is 18.4. The van der Waals surface area contributed by atoms with Gasteiger partial charge in [0.15, 0.2) is 11.5 Å². The highest BCUT2D eigenvalue weighted by atomic mass is 35.5. The first-order chi connectivity index (χ1) is 15.1. The second-order valence-electron chi connectivity index (χ2n) is 7.34. The first-order valence-electron chi connectivity index (χ1n) is 10.6. The molecule has 0 heterocycles. The highest BCUT2D eigenvalue weighted by molar-refractivity contribution is 6.31. The Hall–Kier alpha value is -2.69. The van der Waals surface area contributed by atoms with Crippen molar-refractivity contribution in [3.63, 3.8) is 0 Å². The Morgan fingerprint density at radius 2 is 1.68 bits per heavy atom. The summed E-state index contributed by atoms with van der Waals surface area (Å²) in [6.45, 7) is 6.52. The number of rotatable bonds is 11. The van der Waals surface area contributed by atoms with Gasteiger partial charge in [0.25, 0.3) is 0 Å². The maximum absolute atomic E-state index is 6.56. The molecule has 0 aliphatic heterocycles. The molecule has 0 aliphatic carbocycles. The van der Waals surface area contributed by atoms with Gasteiger partial charge in [-0.05, 0) is 55.6 Å². The van der Waals surface area contributed by atoms with Crippen molar-refractivity contribution >= 4 is 11.6 Å². The maximum atomic E-state index is 6.56. The lowest BCUT2D eigenvalue weighted by molar-refractivity contribution is 0.269. The smallest absolute Gasteiger partial charge is 0.163 e. The summed E-state index contributed by atoms with van der Waals surface area (Å²) in [5, 5.41) is 4.12. The third-order valence-electron chi connectivity index (χ3n) is 4.97. The van der Waals surface area contributed by atoms with E-state index in [4.69, 9.17) is 25.8 Å². The minimum atomic E-state index is 0.467. The van der Waals surface area contributed by atoms with Crippen molar-refractivity contribution in [2.45, 2.75) is 33.4 Å². The fourth-order valence-electron chi connectivity index (χ4n) is 3.41. The fourth-order valence-corrected chi connectivity index (χ4v) is 3.63. The van der Waals surface area contributed by atoms with Crippen LogP contribution in [0.2, 0.25) is 5.02 Å². The Labute approximate surface area is 190 Å². The van der Waals surface area contributed by atoms with Crippen molar-refractivity contribution in [2.24, 2.45) is 0 Å². The first kappa shape index (κ1) is 23.0. The Morgan fingerprint density at radius 3 is 2.45 bits per heavy atom. The summed E-state index contributed by atoms with van der Waals surface area (Å²) >= 11 is 6.56. The zero-order chi connectivity index (χ0) is 22.1. The van der Waals surface area contributed by atoms with Crippen molar-refractivity contribution in [1.82, 2.24) is 5.32 Å². The highest BCUT2D eigenvalue weighted by Gasteiger charge is 2.12. The number of para-hydroxylation sites is 1. The second kappa shape index (κ2) is 11.6. The lowest BCUT2D eigenvalue weighted by Gasteiger charge is -2.16. The molecule has 3 aromatic carbocycles. The van der Waals surface area contributed by atoms with Crippen LogP contribution in [0.4, 0.5) is 0 Å². The number of halogens is 1. The normalized spacial score (nSPS) is 10.7. The van der Waals surface area contributed by atoms with E-state index in [1.165, 1.54) is 11.1 Å². The number of ether oxygens (including phenoxy) is 3. The monoisotopic (exact) mass is 439 g/mol. The predicted octanol–water partition coefficient (Wildman–Crippen LogP) is 5.97. The molecule has 5 heteroatoms. The van der Waals surface area contributed by atoms with Gasteiger partial charge in [-0.25, -0.2) is 0 Å². The maximum Gasteiger partial charge on any atom is 0.163 e. The van der Waals surface area contributed by atoms with Gasteiger partial charge in [-0.2, -0.15) is 0 Å². The number of hydrogen-bond donors (Lipinski definition) is 1. The van der Waals surface area contributed by atoms with Gasteiger partial charge in [0.2, 0.25) is 0 Å². The molecular weight excluding hydrogens is 410 g/mol. The Bertz CT molecular complexity index is 990. The Morgan fingerprint density at radius 1 is 0.871 bits per heavy atom. The summed E-state index contributed by atoms with van der Waals surface area (Å²) in [5.41, 5.74) is 4.48. The molecule has 0 unspecified atom stereocenters. The van der Waals surface area contributed by atoms with Gasteiger partial charge in [0.1, 0.15) is 12.4 Å². The molecule has 4 nitrogen and oxygen atoms in total. The summed E-state index contributed by atoms with van der Waals surface area (Å²) in [6.07, 6.45) is 0.873. The standard InChI is InChI=1S/C26H30ClNO3/c1-4-30-25-15-22(17-28-13-12-21-10-5-6-11-24(21)29-3)23(27)16-26(25)31-18-20-9-7-8-19(2)14-20/h5-11,14-16,28H,4,12-13,17-18H2,1-3H3. The average Bonchev–Trinajstić information content (AvgIpc) is 2.77. The lowest BCUT2D eigenvalue weighted by Crippen LogP contribution is -2.17. The van der Waals surface area contributed by atoms with Crippen LogP contribution in [0.3, 0.4) is 0 Å². The number of hydrogen-bond acceptors (Lipinski definition) is 4. The molecule has 0 spiro atoms. The van der Waals surface area contributed by atoms with E-state index in [0.717, 1.165) is 29.8 Å². The molecular formula is C26H30ClNO3. The molecule has 0 aliphatic rings. The molecule has 0 bridgehead atoms. The largest absolute Gasteiger partial charge is 0.496 e. The SMILES string of the molecule is CCOc1cc(CNCCc2ccccc2OC)c(Cl)cc1OCc1cccc(C)c1. The number of methoxy groups -OCH3 is 1. The molecule has 0 saturated carbocycles. The molecule has 0 aromatic heterocycles. The van der Waals surface area contributed by atoms with Crippen LogP contribution in [0.15, 0.2) is 60.7 Å². The zero-order valence-corrected chi connectivity index (χ0v) is 19.2. The topological polar surface area (TPSA) is 39.7 Å². The quantitative estimate of drug-likeness (QED) is 0.374. The average molecular weight is 440 g/mol. The number of benzene rings is 3. The molecule has 0 atom stereocenters. The van der Waals surface area contributed by atoms with Gasteiger partial charge in [-0.3, -0.25) is 0 Å². The summed E-state index contributed by atoms with van der Waals surface area (Å²) < 4.78 is 17.3. The molecule has 0 fully saturated rings. The van der Waals surface area contributed by atoms with E-state index < -0.39 is 0 Å². The van der Waals surface area contributed by atoms with Gasteiger partial charge in [-0.15, -0.1) is 0 Å². The van der Waals surface area contributed by atoms with Gasteiger partial charge < -0.3 is 19.5 Å².